The maximum absolute atomic E-state index is 12.3. The van der Waals surface area contributed by atoms with E-state index in [0.29, 0.717) is 32.1 Å². The van der Waals surface area contributed by atoms with E-state index < -0.39 is 114 Å². The van der Waals surface area contributed by atoms with Crippen LogP contribution in [0.3, 0.4) is 0 Å². The molecule has 2 saturated heterocycles. The number of aliphatic hydroxyl groups is 9. The van der Waals surface area contributed by atoms with Crippen molar-refractivity contribution in [1.29, 1.82) is 0 Å². The number of rotatable bonds is 9. The highest BCUT2D eigenvalue weighted by Crippen LogP contribution is 2.76. The second kappa shape index (κ2) is 15.4. The lowest BCUT2D eigenvalue weighted by molar-refractivity contribution is -0.382. The summed E-state index contributed by atoms with van der Waals surface area (Å²) < 4.78 is 25.1. The van der Waals surface area contributed by atoms with Gasteiger partial charge in [-0.15, -0.1) is 0 Å². The van der Waals surface area contributed by atoms with Gasteiger partial charge in [0.2, 0.25) is 0 Å². The summed E-state index contributed by atoms with van der Waals surface area (Å²) in [5, 5.41) is 100. The van der Waals surface area contributed by atoms with Crippen molar-refractivity contribution in [3.63, 3.8) is 0 Å². The Balaban J connectivity index is 1.38. The Hall–Kier alpha value is -0.780. The van der Waals surface area contributed by atoms with E-state index >= 15 is 0 Å². The van der Waals surface area contributed by atoms with Crippen molar-refractivity contribution < 1.29 is 64.9 Å². The number of ether oxygens (including phenoxy) is 4. The summed E-state index contributed by atoms with van der Waals surface area (Å²) in [6.45, 7) is 17.8. The molecule has 2 heterocycles. The molecule has 9 N–H and O–H groups in total. The molecule has 4 saturated carbocycles. The molecule has 0 aromatic heterocycles. The zero-order valence-electron chi connectivity index (χ0n) is 34.4. The van der Waals surface area contributed by atoms with Gasteiger partial charge in [0.15, 0.2) is 12.6 Å². The van der Waals surface area contributed by atoms with Crippen LogP contribution in [-0.4, -0.2) is 138 Å². The third-order valence-corrected chi connectivity index (χ3v) is 16.5. The number of aliphatic hydroxyl groups excluding tert-OH is 8. The number of fused-ring (bicyclic) bond motifs is 5. The summed E-state index contributed by atoms with van der Waals surface area (Å²) in [5.74, 6) is -0.526. The van der Waals surface area contributed by atoms with Gasteiger partial charge < -0.3 is 64.9 Å². The SMILES string of the molecule is CC(C)=CCC[C@](C)(O)[C@H]1CC[C@]2(C)[C@@H]1[C@H](O)C[C@@H]1[C@@]3(C)CC[C@H](O)C(C)(C)[C@@H]3C(O[C@@H]3OC(CO)[C@@H](O)[C@@H](O)C3O[C@@H]3OC(C)[C@H](O)[C@H](O)C3O)C[C@]12C. The Morgan fingerprint density at radius 1 is 0.818 bits per heavy atom. The standard InChI is InChI=1S/C42H72O13/c1-20(2)11-10-14-42(9,51)22-12-16-40(7)28(22)23(44)17-26-39(6)15-13-27(45)38(4,5)35(39)24(18-41(26,40)8)53-37-34(32(49)30(47)25(19-43)54-37)55-36-33(50)31(48)29(46)21(3)52-36/h11,21-37,43-51H,10,12-19H2,1-9H3/t21?,22-,23+,24?,25?,26+,27-,28-,29-,30+,31-,32+,33?,34?,35-,36-,37+,39+,40+,41+,42-/m0/s1. The van der Waals surface area contributed by atoms with Crippen molar-refractivity contribution >= 4 is 0 Å². The van der Waals surface area contributed by atoms with Gasteiger partial charge in [0.05, 0.1) is 36.6 Å². The molecule has 0 amide bonds. The van der Waals surface area contributed by atoms with Gasteiger partial charge in [-0.2, -0.15) is 0 Å². The van der Waals surface area contributed by atoms with Crippen LogP contribution in [0.4, 0.5) is 0 Å². The molecule has 6 fully saturated rings. The number of hydrogen-bond acceptors (Lipinski definition) is 13. The minimum Gasteiger partial charge on any atom is -0.394 e. The summed E-state index contributed by atoms with van der Waals surface area (Å²) in [6, 6.07) is 0. The molecule has 6 rings (SSSR count). The fraction of sp³-hybridized carbons (Fsp3) is 0.952. The number of hydrogen-bond donors (Lipinski definition) is 9. The van der Waals surface area contributed by atoms with Crippen LogP contribution in [0.2, 0.25) is 0 Å². The zero-order chi connectivity index (χ0) is 40.8. The van der Waals surface area contributed by atoms with Gasteiger partial charge in [-0.25, -0.2) is 0 Å². The van der Waals surface area contributed by atoms with Crippen LogP contribution in [0.15, 0.2) is 11.6 Å². The van der Waals surface area contributed by atoms with Gasteiger partial charge in [-0.05, 0) is 124 Å². The molecule has 21 atom stereocenters. The van der Waals surface area contributed by atoms with Crippen LogP contribution in [0.1, 0.15) is 114 Å². The van der Waals surface area contributed by atoms with Crippen LogP contribution in [0, 0.1) is 45.3 Å². The first-order chi connectivity index (χ1) is 25.5. The van der Waals surface area contributed by atoms with E-state index in [4.69, 9.17) is 18.9 Å². The average molecular weight is 785 g/mol. The Morgan fingerprint density at radius 2 is 1.49 bits per heavy atom. The number of allylic oxidation sites excluding steroid dienone is 2. The molecular formula is C42H72O13. The van der Waals surface area contributed by atoms with Crippen LogP contribution >= 0.6 is 0 Å². The molecule has 55 heavy (non-hydrogen) atoms. The fourth-order valence-electron chi connectivity index (χ4n) is 13.3. The molecule has 0 aromatic rings. The summed E-state index contributed by atoms with van der Waals surface area (Å²) in [5.41, 5.74) is -1.71. The Labute approximate surface area is 327 Å². The first-order valence-electron chi connectivity index (χ1n) is 20.8. The predicted molar refractivity (Wildman–Crippen MR) is 201 cm³/mol. The molecule has 13 nitrogen and oxygen atoms in total. The molecule has 5 unspecified atom stereocenters. The van der Waals surface area contributed by atoms with Gasteiger partial charge in [-0.1, -0.05) is 46.3 Å². The van der Waals surface area contributed by atoms with E-state index in [9.17, 15) is 46.0 Å². The molecular weight excluding hydrogens is 712 g/mol. The van der Waals surface area contributed by atoms with Crippen molar-refractivity contribution in [3.8, 4) is 0 Å². The van der Waals surface area contributed by atoms with Crippen LogP contribution in [0.25, 0.3) is 0 Å². The van der Waals surface area contributed by atoms with Gasteiger partial charge in [0.25, 0.3) is 0 Å². The van der Waals surface area contributed by atoms with Crippen LogP contribution in [0.5, 0.6) is 0 Å². The lowest BCUT2D eigenvalue weighted by atomic mass is 9.34. The molecule has 4 aliphatic carbocycles. The second-order valence-corrected chi connectivity index (χ2v) is 20.3. The molecule has 0 aromatic carbocycles. The van der Waals surface area contributed by atoms with E-state index in [1.807, 2.05) is 20.8 Å². The minimum absolute atomic E-state index is 0.0411. The maximum atomic E-state index is 12.3. The molecule has 2 aliphatic heterocycles. The van der Waals surface area contributed by atoms with Crippen LogP contribution in [-0.2, 0) is 18.9 Å². The van der Waals surface area contributed by atoms with Crippen molar-refractivity contribution in [1.82, 2.24) is 0 Å². The first kappa shape index (κ1) is 43.8. The lowest BCUT2D eigenvalue weighted by Crippen LogP contribution is -2.71. The summed E-state index contributed by atoms with van der Waals surface area (Å²) in [6.07, 6.45) is -8.99. The van der Waals surface area contributed by atoms with Crippen molar-refractivity contribution in [2.24, 2.45) is 45.3 Å². The molecule has 13 heteroatoms. The van der Waals surface area contributed by atoms with E-state index in [0.717, 1.165) is 19.3 Å². The fourth-order valence-corrected chi connectivity index (χ4v) is 13.3. The highest BCUT2D eigenvalue weighted by atomic mass is 16.8. The third-order valence-electron chi connectivity index (χ3n) is 16.5. The smallest absolute Gasteiger partial charge is 0.187 e. The van der Waals surface area contributed by atoms with Gasteiger partial charge in [-0.3, -0.25) is 0 Å². The quantitative estimate of drug-likeness (QED) is 0.121. The maximum Gasteiger partial charge on any atom is 0.187 e. The van der Waals surface area contributed by atoms with Gasteiger partial charge in [0, 0.05) is 0 Å². The molecule has 6 aliphatic rings. The second-order valence-electron chi connectivity index (χ2n) is 20.3. The first-order valence-corrected chi connectivity index (χ1v) is 20.8. The minimum atomic E-state index is -1.70. The summed E-state index contributed by atoms with van der Waals surface area (Å²) in [4.78, 5) is 0. The zero-order valence-corrected chi connectivity index (χ0v) is 34.4. The van der Waals surface area contributed by atoms with Crippen molar-refractivity contribution in [2.45, 2.75) is 199 Å². The van der Waals surface area contributed by atoms with E-state index in [1.54, 1.807) is 0 Å². The van der Waals surface area contributed by atoms with Crippen molar-refractivity contribution in [3.05, 3.63) is 11.6 Å². The van der Waals surface area contributed by atoms with Gasteiger partial charge >= 0.3 is 0 Å². The Bertz CT molecular complexity index is 1390. The molecule has 318 valence electrons. The highest BCUT2D eigenvalue weighted by Gasteiger charge is 2.73. The van der Waals surface area contributed by atoms with E-state index in [1.165, 1.54) is 12.5 Å². The lowest BCUT2D eigenvalue weighted by Gasteiger charge is -2.72. The monoisotopic (exact) mass is 784 g/mol. The summed E-state index contributed by atoms with van der Waals surface area (Å²) >= 11 is 0. The topological polar surface area (TPSA) is 219 Å². The molecule has 0 spiro atoms. The largest absolute Gasteiger partial charge is 0.394 e. The predicted octanol–water partition coefficient (Wildman–Crippen LogP) is 2.15. The van der Waals surface area contributed by atoms with Crippen molar-refractivity contribution in [2.75, 3.05) is 6.61 Å². The summed E-state index contributed by atoms with van der Waals surface area (Å²) in [7, 11) is 0. The Morgan fingerprint density at radius 3 is 2.13 bits per heavy atom. The normalized spacial score (nSPS) is 53.4. The third kappa shape index (κ3) is 7.10. The Kier molecular flexibility index (Phi) is 12.2. The average Bonchev–Trinajstić information content (AvgIpc) is 3.49. The molecule has 0 radical (unpaired) electrons. The van der Waals surface area contributed by atoms with E-state index in [-0.39, 0.29) is 23.7 Å². The molecule has 0 bridgehead atoms. The van der Waals surface area contributed by atoms with Gasteiger partial charge in [0.1, 0.15) is 42.7 Å². The van der Waals surface area contributed by atoms with Crippen LogP contribution < -0.4 is 0 Å². The highest BCUT2D eigenvalue weighted by molar-refractivity contribution is 5.22. The van der Waals surface area contributed by atoms with E-state index in [2.05, 4.69) is 40.7 Å².